The third-order valence-electron chi connectivity index (χ3n) is 1.75. The Morgan fingerprint density at radius 1 is 1.31 bits per heavy atom. The van der Waals surface area contributed by atoms with Crippen LogP contribution in [0.1, 0.15) is 23.2 Å². The van der Waals surface area contributed by atoms with E-state index in [-0.39, 0.29) is 5.91 Å². The van der Waals surface area contributed by atoms with Gasteiger partial charge in [-0.3, -0.25) is 4.79 Å². The predicted molar refractivity (Wildman–Crippen MR) is 53.4 cm³/mol. The van der Waals surface area contributed by atoms with Gasteiger partial charge in [-0.25, -0.2) is 0 Å². The van der Waals surface area contributed by atoms with Gasteiger partial charge in [0.25, 0.3) is 5.91 Å². The van der Waals surface area contributed by atoms with E-state index in [1.807, 2.05) is 18.2 Å². The first-order valence-corrected chi connectivity index (χ1v) is 4.47. The maximum atomic E-state index is 11.4. The van der Waals surface area contributed by atoms with Gasteiger partial charge in [0.1, 0.15) is 0 Å². The normalized spacial score (nSPS) is 9.62. The first-order valence-electron chi connectivity index (χ1n) is 4.47. The smallest absolute Gasteiger partial charge is 0.251 e. The van der Waals surface area contributed by atoms with Crippen LogP contribution in [0.4, 0.5) is 0 Å². The van der Waals surface area contributed by atoms with Crippen LogP contribution in [0, 0.1) is 6.92 Å². The van der Waals surface area contributed by atoms with Gasteiger partial charge in [-0.1, -0.05) is 31.5 Å². The molecular formula is C11H14NO. The van der Waals surface area contributed by atoms with Crippen LogP contribution in [0.15, 0.2) is 30.3 Å². The summed E-state index contributed by atoms with van der Waals surface area (Å²) in [5.74, 6) is -0.00551. The van der Waals surface area contributed by atoms with Crippen molar-refractivity contribution in [2.75, 3.05) is 6.54 Å². The Bertz CT molecular complexity index is 256. The molecule has 1 amide bonds. The van der Waals surface area contributed by atoms with Gasteiger partial charge in [0.05, 0.1) is 0 Å². The maximum Gasteiger partial charge on any atom is 0.251 e. The van der Waals surface area contributed by atoms with Crippen LogP contribution in [-0.4, -0.2) is 12.5 Å². The topological polar surface area (TPSA) is 29.1 Å². The number of carbonyl (C=O) groups is 1. The SMILES string of the molecule is [CH2]CCCNC(=O)c1ccccc1. The Morgan fingerprint density at radius 3 is 2.62 bits per heavy atom. The lowest BCUT2D eigenvalue weighted by Gasteiger charge is -2.02. The number of amides is 1. The minimum atomic E-state index is -0.00551. The Balaban J connectivity index is 2.40. The van der Waals surface area contributed by atoms with Crippen molar-refractivity contribution in [1.82, 2.24) is 5.32 Å². The molecule has 2 nitrogen and oxygen atoms in total. The van der Waals surface area contributed by atoms with Crippen LogP contribution in [0.25, 0.3) is 0 Å². The van der Waals surface area contributed by atoms with E-state index in [0.29, 0.717) is 12.1 Å². The summed E-state index contributed by atoms with van der Waals surface area (Å²) in [5.41, 5.74) is 0.714. The quantitative estimate of drug-likeness (QED) is 0.699. The van der Waals surface area contributed by atoms with E-state index in [4.69, 9.17) is 0 Å². The molecule has 1 aromatic rings. The van der Waals surface area contributed by atoms with Gasteiger partial charge >= 0.3 is 0 Å². The van der Waals surface area contributed by atoms with Crippen molar-refractivity contribution in [3.63, 3.8) is 0 Å². The molecule has 1 radical (unpaired) electrons. The van der Waals surface area contributed by atoms with Crippen molar-refractivity contribution in [1.29, 1.82) is 0 Å². The Labute approximate surface area is 79.0 Å². The minimum Gasteiger partial charge on any atom is -0.352 e. The fourth-order valence-electron chi connectivity index (χ4n) is 1.02. The molecule has 0 saturated carbocycles. The van der Waals surface area contributed by atoms with E-state index < -0.39 is 0 Å². The van der Waals surface area contributed by atoms with Crippen LogP contribution >= 0.6 is 0 Å². The van der Waals surface area contributed by atoms with Gasteiger partial charge in [-0.05, 0) is 18.6 Å². The summed E-state index contributed by atoms with van der Waals surface area (Å²) in [6.45, 7) is 4.41. The van der Waals surface area contributed by atoms with E-state index in [2.05, 4.69) is 12.2 Å². The predicted octanol–water partition coefficient (Wildman–Crippen LogP) is 2.03. The van der Waals surface area contributed by atoms with Crippen LogP contribution in [0.5, 0.6) is 0 Å². The molecule has 69 valence electrons. The second-order valence-corrected chi connectivity index (χ2v) is 2.83. The standard InChI is InChI=1S/C11H14NO/c1-2-3-9-12-11(13)10-7-5-4-6-8-10/h4-8H,1-3,9H2,(H,12,13). The van der Waals surface area contributed by atoms with Crippen molar-refractivity contribution in [3.8, 4) is 0 Å². The second kappa shape index (κ2) is 5.36. The third kappa shape index (κ3) is 3.28. The van der Waals surface area contributed by atoms with Gasteiger partial charge in [0, 0.05) is 12.1 Å². The monoisotopic (exact) mass is 176 g/mol. The fraction of sp³-hybridized carbons (Fsp3) is 0.273. The molecule has 0 spiro atoms. The molecule has 0 heterocycles. The highest BCUT2D eigenvalue weighted by molar-refractivity contribution is 5.94. The Hall–Kier alpha value is -1.31. The molecule has 0 aliphatic heterocycles. The van der Waals surface area contributed by atoms with Crippen LogP contribution in [0.2, 0.25) is 0 Å². The summed E-state index contributed by atoms with van der Waals surface area (Å²) in [7, 11) is 0. The average molecular weight is 176 g/mol. The number of nitrogens with one attached hydrogen (secondary N) is 1. The van der Waals surface area contributed by atoms with Crippen molar-refractivity contribution in [2.45, 2.75) is 12.8 Å². The molecular weight excluding hydrogens is 162 g/mol. The zero-order chi connectivity index (χ0) is 9.52. The largest absolute Gasteiger partial charge is 0.352 e. The lowest BCUT2D eigenvalue weighted by atomic mass is 10.2. The molecule has 1 aromatic carbocycles. The Kier molecular flexibility index (Phi) is 4.03. The molecule has 13 heavy (non-hydrogen) atoms. The zero-order valence-electron chi connectivity index (χ0n) is 7.62. The van der Waals surface area contributed by atoms with Gasteiger partial charge in [-0.15, -0.1) is 0 Å². The van der Waals surface area contributed by atoms with E-state index in [1.54, 1.807) is 12.1 Å². The first kappa shape index (κ1) is 9.78. The number of benzene rings is 1. The zero-order valence-corrected chi connectivity index (χ0v) is 7.62. The molecule has 0 saturated heterocycles. The lowest BCUT2D eigenvalue weighted by molar-refractivity contribution is 0.0953. The van der Waals surface area contributed by atoms with Gasteiger partial charge in [0.15, 0.2) is 0 Å². The van der Waals surface area contributed by atoms with Crippen molar-refractivity contribution in [2.24, 2.45) is 0 Å². The van der Waals surface area contributed by atoms with Crippen LogP contribution in [0.3, 0.4) is 0 Å². The molecule has 1 rings (SSSR count). The van der Waals surface area contributed by atoms with Gasteiger partial charge < -0.3 is 5.32 Å². The van der Waals surface area contributed by atoms with E-state index >= 15 is 0 Å². The van der Waals surface area contributed by atoms with Gasteiger partial charge in [-0.2, -0.15) is 0 Å². The number of hydrogen-bond donors (Lipinski definition) is 1. The molecule has 1 N–H and O–H groups in total. The summed E-state index contributed by atoms with van der Waals surface area (Å²) < 4.78 is 0. The molecule has 0 bridgehead atoms. The summed E-state index contributed by atoms with van der Waals surface area (Å²) in [6, 6.07) is 9.22. The van der Waals surface area contributed by atoms with Crippen molar-refractivity contribution < 1.29 is 4.79 Å². The summed E-state index contributed by atoms with van der Waals surface area (Å²) >= 11 is 0. The molecule has 0 aliphatic carbocycles. The molecule has 2 heteroatoms. The number of hydrogen-bond acceptors (Lipinski definition) is 1. The second-order valence-electron chi connectivity index (χ2n) is 2.83. The highest BCUT2D eigenvalue weighted by Gasteiger charge is 2.01. The number of carbonyl (C=O) groups excluding carboxylic acids is 1. The first-order chi connectivity index (χ1) is 6.34. The molecule has 0 unspecified atom stereocenters. The van der Waals surface area contributed by atoms with Crippen LogP contribution < -0.4 is 5.32 Å². The summed E-state index contributed by atoms with van der Waals surface area (Å²) in [4.78, 5) is 11.4. The van der Waals surface area contributed by atoms with E-state index in [0.717, 1.165) is 12.8 Å². The summed E-state index contributed by atoms with van der Waals surface area (Å²) in [5, 5.41) is 2.82. The van der Waals surface area contributed by atoms with Crippen LogP contribution in [-0.2, 0) is 0 Å². The van der Waals surface area contributed by atoms with Gasteiger partial charge in [0.2, 0.25) is 0 Å². The lowest BCUT2D eigenvalue weighted by Crippen LogP contribution is -2.24. The maximum absolute atomic E-state index is 11.4. The highest BCUT2D eigenvalue weighted by Crippen LogP contribution is 1.97. The minimum absolute atomic E-state index is 0.00551. The molecule has 0 aliphatic rings. The number of unbranched alkanes of at least 4 members (excludes halogenated alkanes) is 1. The molecule has 0 fully saturated rings. The Morgan fingerprint density at radius 2 is 2.00 bits per heavy atom. The summed E-state index contributed by atoms with van der Waals surface area (Å²) in [6.07, 6.45) is 1.79. The van der Waals surface area contributed by atoms with E-state index in [9.17, 15) is 4.79 Å². The van der Waals surface area contributed by atoms with Crippen molar-refractivity contribution >= 4 is 5.91 Å². The average Bonchev–Trinajstić information content (AvgIpc) is 2.19. The van der Waals surface area contributed by atoms with E-state index in [1.165, 1.54) is 0 Å². The third-order valence-corrected chi connectivity index (χ3v) is 1.75. The molecule has 0 atom stereocenters. The highest BCUT2D eigenvalue weighted by atomic mass is 16.1. The number of rotatable bonds is 4. The molecule has 0 aromatic heterocycles. The van der Waals surface area contributed by atoms with Crippen molar-refractivity contribution in [3.05, 3.63) is 42.8 Å². The fourth-order valence-corrected chi connectivity index (χ4v) is 1.02.